The first-order valence-corrected chi connectivity index (χ1v) is 5.24. The molecule has 0 radical (unpaired) electrons. The molecule has 0 spiro atoms. The molecule has 0 amide bonds. The topological polar surface area (TPSA) is 29.5 Å². The summed E-state index contributed by atoms with van der Waals surface area (Å²) in [6.07, 6.45) is 0.923. The number of likely N-dealkylation sites (tertiary alicyclic amines) is 1. The first-order valence-electron chi connectivity index (χ1n) is 5.24. The molecule has 3 heteroatoms. The second-order valence-corrected chi connectivity index (χ2v) is 5.15. The van der Waals surface area contributed by atoms with Gasteiger partial charge < -0.3 is 9.64 Å². The van der Waals surface area contributed by atoms with Gasteiger partial charge in [-0.1, -0.05) is 0 Å². The number of carbonyl (C=O) groups excluding carboxylic acids is 1. The van der Waals surface area contributed by atoms with Gasteiger partial charge in [-0.25, -0.2) is 0 Å². The van der Waals surface area contributed by atoms with Gasteiger partial charge in [-0.3, -0.25) is 4.79 Å². The van der Waals surface area contributed by atoms with E-state index in [0.717, 1.165) is 13.0 Å². The maximum Gasteiger partial charge on any atom is 0.311 e. The molecule has 1 aliphatic heterocycles. The predicted octanol–water partition coefficient (Wildman–Crippen LogP) is 1.67. The van der Waals surface area contributed by atoms with Crippen LogP contribution in [0.1, 0.15) is 34.1 Å². The molecule has 0 aromatic rings. The third-order valence-corrected chi connectivity index (χ3v) is 2.78. The molecule has 0 unspecified atom stereocenters. The van der Waals surface area contributed by atoms with Crippen LogP contribution in [-0.2, 0) is 9.53 Å². The predicted molar refractivity (Wildman–Crippen MR) is 56.0 cm³/mol. The number of hydrogen-bond donors (Lipinski definition) is 0. The molecule has 0 bridgehead atoms. The fourth-order valence-corrected chi connectivity index (χ4v) is 1.79. The third kappa shape index (κ3) is 2.71. The highest BCUT2D eigenvalue weighted by Gasteiger charge is 2.36. The van der Waals surface area contributed by atoms with Crippen LogP contribution in [0, 0.1) is 5.92 Å². The zero-order chi connectivity index (χ0) is 10.9. The van der Waals surface area contributed by atoms with Crippen molar-refractivity contribution in [2.24, 2.45) is 5.92 Å². The average Bonchev–Trinajstić information content (AvgIpc) is 2.29. The summed E-state index contributed by atoms with van der Waals surface area (Å²) in [5.41, 5.74) is -0.363. The van der Waals surface area contributed by atoms with Crippen molar-refractivity contribution < 1.29 is 9.53 Å². The molecule has 1 fully saturated rings. The zero-order valence-electron chi connectivity index (χ0n) is 9.83. The van der Waals surface area contributed by atoms with Crippen molar-refractivity contribution in [3.8, 4) is 0 Å². The van der Waals surface area contributed by atoms with Gasteiger partial charge >= 0.3 is 5.97 Å². The van der Waals surface area contributed by atoms with Crippen LogP contribution in [0.5, 0.6) is 0 Å². The highest BCUT2D eigenvalue weighted by Crippen LogP contribution is 2.25. The molecular weight excluding hydrogens is 178 g/mol. The Morgan fingerprint density at radius 3 is 2.36 bits per heavy atom. The zero-order valence-corrected chi connectivity index (χ0v) is 9.83. The Morgan fingerprint density at radius 2 is 2.00 bits per heavy atom. The molecular formula is C11H21NO2. The average molecular weight is 199 g/mol. The summed E-state index contributed by atoms with van der Waals surface area (Å²) in [6, 6.07) is 0.310. The van der Waals surface area contributed by atoms with Crippen LogP contribution < -0.4 is 0 Å². The monoisotopic (exact) mass is 199 g/mol. The molecule has 82 valence electrons. The highest BCUT2D eigenvalue weighted by atomic mass is 16.6. The van der Waals surface area contributed by atoms with E-state index in [4.69, 9.17) is 4.74 Å². The lowest BCUT2D eigenvalue weighted by atomic mass is 10.0. The third-order valence-electron chi connectivity index (χ3n) is 2.78. The molecule has 0 aromatic carbocycles. The van der Waals surface area contributed by atoms with E-state index in [9.17, 15) is 4.79 Å². The van der Waals surface area contributed by atoms with E-state index in [0.29, 0.717) is 6.04 Å². The van der Waals surface area contributed by atoms with E-state index in [1.54, 1.807) is 0 Å². The fraction of sp³-hybridized carbons (Fsp3) is 0.909. The van der Waals surface area contributed by atoms with Crippen LogP contribution in [0.3, 0.4) is 0 Å². The smallest absolute Gasteiger partial charge is 0.311 e. The van der Waals surface area contributed by atoms with Crippen LogP contribution in [0.25, 0.3) is 0 Å². The molecule has 0 N–H and O–H groups in total. The van der Waals surface area contributed by atoms with Gasteiger partial charge in [-0.15, -0.1) is 0 Å². The summed E-state index contributed by atoms with van der Waals surface area (Å²) in [6.45, 7) is 8.81. The Bertz CT molecular complexity index is 220. The molecule has 1 saturated heterocycles. The van der Waals surface area contributed by atoms with E-state index >= 15 is 0 Å². The second-order valence-electron chi connectivity index (χ2n) is 5.15. The van der Waals surface area contributed by atoms with E-state index in [-0.39, 0.29) is 17.5 Å². The van der Waals surface area contributed by atoms with Gasteiger partial charge in [0.05, 0.1) is 5.92 Å². The van der Waals surface area contributed by atoms with Crippen LogP contribution in [0.4, 0.5) is 0 Å². The van der Waals surface area contributed by atoms with Crippen molar-refractivity contribution in [2.75, 3.05) is 13.6 Å². The largest absolute Gasteiger partial charge is 0.460 e. The maximum absolute atomic E-state index is 11.8. The molecule has 3 nitrogen and oxygen atoms in total. The summed E-state index contributed by atoms with van der Waals surface area (Å²) in [4.78, 5) is 14.0. The van der Waals surface area contributed by atoms with Crippen LogP contribution >= 0.6 is 0 Å². The SMILES string of the molecule is C[C@H]1[C@@H](C(=O)OC(C)(C)C)CCN1C. The van der Waals surface area contributed by atoms with Crippen LogP contribution in [0.2, 0.25) is 0 Å². The summed E-state index contributed by atoms with van der Waals surface area (Å²) in [7, 11) is 2.05. The van der Waals surface area contributed by atoms with Gasteiger partial charge in [-0.05, 0) is 47.7 Å². The van der Waals surface area contributed by atoms with Crippen molar-refractivity contribution in [1.82, 2.24) is 4.90 Å². The van der Waals surface area contributed by atoms with Crippen molar-refractivity contribution >= 4 is 5.97 Å². The highest BCUT2D eigenvalue weighted by molar-refractivity contribution is 5.74. The first-order chi connectivity index (χ1) is 6.31. The molecule has 0 aliphatic carbocycles. The van der Waals surface area contributed by atoms with E-state index in [1.165, 1.54) is 0 Å². The van der Waals surface area contributed by atoms with Crippen molar-refractivity contribution in [1.29, 1.82) is 0 Å². The number of hydrogen-bond acceptors (Lipinski definition) is 3. The summed E-state index contributed by atoms with van der Waals surface area (Å²) in [5.74, 6) is 0.00794. The summed E-state index contributed by atoms with van der Waals surface area (Å²) >= 11 is 0. The lowest BCUT2D eigenvalue weighted by Crippen LogP contribution is -2.34. The Kier molecular flexibility index (Phi) is 3.20. The molecule has 1 heterocycles. The molecule has 1 rings (SSSR count). The Morgan fingerprint density at radius 1 is 1.43 bits per heavy atom. The number of nitrogens with zero attached hydrogens (tertiary/aromatic N) is 1. The number of rotatable bonds is 1. The quantitative estimate of drug-likeness (QED) is 0.602. The van der Waals surface area contributed by atoms with Gasteiger partial charge in [0.25, 0.3) is 0 Å². The van der Waals surface area contributed by atoms with Gasteiger partial charge in [-0.2, -0.15) is 0 Å². The standard InChI is InChI=1S/C11H21NO2/c1-8-9(6-7-12(8)5)10(13)14-11(2,3)4/h8-9H,6-7H2,1-5H3/t8-,9-/m0/s1. The van der Waals surface area contributed by atoms with Crippen LogP contribution in [0.15, 0.2) is 0 Å². The van der Waals surface area contributed by atoms with Crippen LogP contribution in [-0.4, -0.2) is 36.1 Å². The van der Waals surface area contributed by atoms with Crippen molar-refractivity contribution in [2.45, 2.75) is 45.8 Å². The van der Waals surface area contributed by atoms with E-state index in [2.05, 4.69) is 18.9 Å². The van der Waals surface area contributed by atoms with E-state index < -0.39 is 0 Å². The number of esters is 1. The second kappa shape index (κ2) is 3.89. The lowest BCUT2D eigenvalue weighted by molar-refractivity contribution is -0.160. The van der Waals surface area contributed by atoms with Crippen molar-refractivity contribution in [3.63, 3.8) is 0 Å². The molecule has 0 aromatic heterocycles. The van der Waals surface area contributed by atoms with Gasteiger partial charge in [0.1, 0.15) is 5.60 Å². The van der Waals surface area contributed by atoms with Crippen molar-refractivity contribution in [3.05, 3.63) is 0 Å². The Balaban J connectivity index is 2.54. The molecule has 2 atom stereocenters. The Hall–Kier alpha value is -0.570. The van der Waals surface area contributed by atoms with E-state index in [1.807, 2.05) is 20.8 Å². The first kappa shape index (κ1) is 11.5. The lowest BCUT2D eigenvalue weighted by Gasteiger charge is -2.24. The fourth-order valence-electron chi connectivity index (χ4n) is 1.79. The van der Waals surface area contributed by atoms with Gasteiger partial charge in [0, 0.05) is 6.04 Å². The minimum Gasteiger partial charge on any atom is -0.460 e. The summed E-state index contributed by atoms with van der Waals surface area (Å²) in [5, 5.41) is 0. The minimum atomic E-state index is -0.363. The molecule has 14 heavy (non-hydrogen) atoms. The van der Waals surface area contributed by atoms with Gasteiger partial charge in [0.2, 0.25) is 0 Å². The molecule has 0 saturated carbocycles. The minimum absolute atomic E-state index is 0.0469. The number of ether oxygens (including phenoxy) is 1. The summed E-state index contributed by atoms with van der Waals surface area (Å²) < 4.78 is 5.37. The number of carbonyl (C=O) groups is 1. The normalized spacial score (nSPS) is 29.2. The van der Waals surface area contributed by atoms with Gasteiger partial charge in [0.15, 0.2) is 0 Å². The molecule has 1 aliphatic rings. The Labute approximate surface area is 86.4 Å². The maximum atomic E-state index is 11.8.